The fourth-order valence-corrected chi connectivity index (χ4v) is 4.95. The van der Waals surface area contributed by atoms with Gasteiger partial charge in [-0.15, -0.1) is 0 Å². The van der Waals surface area contributed by atoms with Crippen molar-refractivity contribution < 1.29 is 56.0 Å². The standard InChI is InChI=1S/C27H38N4O3S.2C2HF3O2/c1-27(2,3)19-31(23(33)13-16-28-14-11-20-7-5-4-6-8-20)18-17-29-15-12-21-9-10-22(32)24-25(21)35-26(34)30-24;2*3-2(4,5)1(6)7/h4-10,28-29,32H,11-19H2,1-3H3,(H,30,34);2*(H,6,7)/p-2. The lowest BCUT2D eigenvalue weighted by Crippen LogP contribution is -2.42. The second-order valence-corrected chi connectivity index (χ2v) is 12.6. The summed E-state index contributed by atoms with van der Waals surface area (Å²) < 4.78 is 63.9. The van der Waals surface area contributed by atoms with Crippen LogP contribution in [0.15, 0.2) is 47.3 Å². The molecule has 0 aliphatic rings. The Hall–Kier alpha value is -4.16. The third-order valence-electron chi connectivity index (χ3n) is 6.20. The van der Waals surface area contributed by atoms with Gasteiger partial charge in [0.25, 0.3) is 0 Å². The Morgan fingerprint density at radius 2 is 1.37 bits per heavy atom. The maximum absolute atomic E-state index is 12.9. The van der Waals surface area contributed by atoms with Crippen LogP contribution in [0.2, 0.25) is 0 Å². The first kappa shape index (κ1) is 42.9. The summed E-state index contributed by atoms with van der Waals surface area (Å²) >= 11 is 1.12. The molecule has 274 valence electrons. The number of aliphatic carboxylic acids is 2. The van der Waals surface area contributed by atoms with E-state index in [1.165, 1.54) is 5.56 Å². The van der Waals surface area contributed by atoms with Gasteiger partial charge in [-0.25, -0.2) is 0 Å². The second kappa shape index (κ2) is 19.7. The number of fused-ring (bicyclic) bond motifs is 1. The van der Waals surface area contributed by atoms with Gasteiger partial charge in [0.1, 0.15) is 23.2 Å². The summed E-state index contributed by atoms with van der Waals surface area (Å²) in [6.45, 7) is 10.8. The predicted octanol–water partition coefficient (Wildman–Crippen LogP) is 2.12. The molecule has 2 aromatic carbocycles. The van der Waals surface area contributed by atoms with E-state index in [1.54, 1.807) is 6.07 Å². The SMILES string of the molecule is CC(C)(C)CN(CCNCCc1ccc(O)c2[nH]c(=O)sc12)C(=O)CCNCCc1ccccc1.O=C([O-])C(F)(F)F.O=C([O-])C(F)(F)F. The van der Waals surface area contributed by atoms with E-state index < -0.39 is 24.3 Å². The Bertz CT molecular complexity index is 1510. The molecule has 0 aliphatic carbocycles. The quantitative estimate of drug-likeness (QED) is 0.152. The third-order valence-corrected chi connectivity index (χ3v) is 7.16. The summed E-state index contributed by atoms with van der Waals surface area (Å²) in [7, 11) is 0. The zero-order chi connectivity index (χ0) is 37.4. The lowest BCUT2D eigenvalue weighted by Gasteiger charge is -2.30. The normalized spacial score (nSPS) is 11.6. The topological polar surface area (TPSA) is 178 Å². The van der Waals surface area contributed by atoms with Crippen LogP contribution in [0.1, 0.15) is 38.3 Å². The highest BCUT2D eigenvalue weighted by atomic mass is 32.1. The van der Waals surface area contributed by atoms with Crippen LogP contribution >= 0.6 is 11.3 Å². The van der Waals surface area contributed by atoms with E-state index in [9.17, 15) is 41.0 Å². The summed E-state index contributed by atoms with van der Waals surface area (Å²) in [5.74, 6) is -5.74. The number of nitrogens with one attached hydrogen (secondary N) is 3. The molecule has 0 radical (unpaired) electrons. The molecule has 11 nitrogen and oxygen atoms in total. The molecule has 0 spiro atoms. The molecule has 49 heavy (non-hydrogen) atoms. The van der Waals surface area contributed by atoms with Gasteiger partial charge in [0, 0.05) is 32.6 Å². The van der Waals surface area contributed by atoms with Gasteiger partial charge in [-0.1, -0.05) is 68.5 Å². The number of thiazole rings is 1. The number of halogens is 6. The zero-order valence-corrected chi connectivity index (χ0v) is 27.7. The zero-order valence-electron chi connectivity index (χ0n) is 26.9. The molecule has 0 atom stereocenters. The molecule has 1 aromatic heterocycles. The third kappa shape index (κ3) is 17.7. The van der Waals surface area contributed by atoms with Crippen LogP contribution in [0.5, 0.6) is 5.75 Å². The summed E-state index contributed by atoms with van der Waals surface area (Å²) in [5, 5.41) is 34.3. The number of phenolic OH excluding ortho intramolecular Hbond substituents is 1. The van der Waals surface area contributed by atoms with Crippen LogP contribution in [0.4, 0.5) is 26.3 Å². The number of carboxylic acids is 2. The number of aromatic nitrogens is 1. The summed E-state index contributed by atoms with van der Waals surface area (Å²) in [5.41, 5.74) is 2.86. The van der Waals surface area contributed by atoms with Gasteiger partial charge in [0.15, 0.2) is 0 Å². The molecule has 0 fully saturated rings. The van der Waals surface area contributed by atoms with Crippen molar-refractivity contribution in [3.8, 4) is 5.75 Å². The largest absolute Gasteiger partial charge is 0.542 e. The fraction of sp³-hybridized carbons (Fsp3) is 0.484. The lowest BCUT2D eigenvalue weighted by molar-refractivity contribution is -0.344. The van der Waals surface area contributed by atoms with E-state index in [4.69, 9.17) is 19.8 Å². The number of nitrogens with zero attached hydrogens (tertiary/aromatic N) is 1. The number of carboxylic acid groups (broad SMARTS) is 2. The Morgan fingerprint density at radius 1 is 0.837 bits per heavy atom. The first-order valence-corrected chi connectivity index (χ1v) is 15.6. The van der Waals surface area contributed by atoms with Gasteiger partial charge >= 0.3 is 17.2 Å². The number of amides is 1. The van der Waals surface area contributed by atoms with Gasteiger partial charge in [0.2, 0.25) is 5.91 Å². The van der Waals surface area contributed by atoms with E-state index in [0.29, 0.717) is 38.1 Å². The first-order chi connectivity index (χ1) is 22.6. The Morgan fingerprint density at radius 3 is 1.90 bits per heavy atom. The number of alkyl halides is 6. The van der Waals surface area contributed by atoms with E-state index in [-0.39, 0.29) is 21.9 Å². The monoisotopic (exact) mass is 724 g/mol. The highest BCUT2D eigenvalue weighted by molar-refractivity contribution is 7.16. The van der Waals surface area contributed by atoms with Crippen LogP contribution in [-0.2, 0) is 27.2 Å². The molecule has 0 saturated carbocycles. The molecule has 4 N–H and O–H groups in total. The molecule has 0 bridgehead atoms. The molecule has 0 unspecified atom stereocenters. The summed E-state index contributed by atoms with van der Waals surface area (Å²) in [4.78, 5) is 46.7. The Kier molecular flexibility index (Phi) is 17.3. The van der Waals surface area contributed by atoms with Crippen molar-refractivity contribution in [2.45, 2.75) is 52.4 Å². The molecule has 1 heterocycles. The van der Waals surface area contributed by atoms with Gasteiger partial charge in [-0.3, -0.25) is 9.59 Å². The minimum Gasteiger partial charge on any atom is -0.542 e. The molecular weight excluding hydrogens is 686 g/mol. The number of rotatable bonds is 13. The average Bonchev–Trinajstić information content (AvgIpc) is 3.39. The number of phenols is 1. The van der Waals surface area contributed by atoms with Crippen molar-refractivity contribution in [2.24, 2.45) is 5.41 Å². The van der Waals surface area contributed by atoms with Crippen LogP contribution in [0.3, 0.4) is 0 Å². The van der Waals surface area contributed by atoms with Gasteiger partial charge in [0.05, 0.1) is 4.70 Å². The maximum Gasteiger partial charge on any atom is 0.430 e. The van der Waals surface area contributed by atoms with Gasteiger partial charge in [-0.05, 0) is 48.5 Å². The van der Waals surface area contributed by atoms with Crippen LogP contribution in [-0.4, -0.2) is 84.5 Å². The number of hydrogen-bond acceptors (Lipinski definition) is 10. The number of aromatic hydroxyl groups is 1. The molecule has 3 rings (SSSR count). The molecule has 0 aliphatic heterocycles. The van der Waals surface area contributed by atoms with Crippen molar-refractivity contribution >= 4 is 39.4 Å². The number of carbonyl (C=O) groups excluding carboxylic acids is 3. The first-order valence-electron chi connectivity index (χ1n) is 14.7. The van der Waals surface area contributed by atoms with Crippen LogP contribution < -0.4 is 25.7 Å². The lowest BCUT2D eigenvalue weighted by atomic mass is 9.96. The van der Waals surface area contributed by atoms with Crippen molar-refractivity contribution in [3.63, 3.8) is 0 Å². The summed E-state index contributed by atoms with van der Waals surface area (Å²) in [6.07, 6.45) is -8.20. The van der Waals surface area contributed by atoms with Crippen molar-refractivity contribution in [2.75, 3.05) is 39.3 Å². The highest BCUT2D eigenvalue weighted by Gasteiger charge is 2.29. The second-order valence-electron chi connectivity index (χ2n) is 11.6. The number of benzene rings is 2. The average molecular weight is 725 g/mol. The van der Waals surface area contributed by atoms with Gasteiger partial charge < -0.3 is 45.4 Å². The Balaban J connectivity index is 0.000000717. The molecule has 1 amide bonds. The highest BCUT2D eigenvalue weighted by Crippen LogP contribution is 2.27. The number of carbonyl (C=O) groups is 3. The number of hydrogen-bond donors (Lipinski definition) is 4. The van der Waals surface area contributed by atoms with Gasteiger partial charge in [-0.2, -0.15) is 26.3 Å². The van der Waals surface area contributed by atoms with Crippen LogP contribution in [0, 0.1) is 5.41 Å². The van der Waals surface area contributed by atoms with E-state index in [2.05, 4.69) is 48.5 Å². The van der Waals surface area contributed by atoms with E-state index >= 15 is 0 Å². The fourth-order valence-electron chi connectivity index (χ4n) is 4.05. The van der Waals surface area contributed by atoms with Crippen LogP contribution in [0.25, 0.3) is 10.2 Å². The van der Waals surface area contributed by atoms with Crippen molar-refractivity contribution in [1.29, 1.82) is 0 Å². The predicted molar refractivity (Wildman–Crippen MR) is 166 cm³/mol. The summed E-state index contributed by atoms with van der Waals surface area (Å²) in [6, 6.07) is 13.8. The molecule has 3 aromatic rings. The minimum atomic E-state index is -5.19. The van der Waals surface area contributed by atoms with Crippen molar-refractivity contribution in [3.05, 3.63) is 63.3 Å². The molecule has 0 saturated heterocycles. The number of aromatic amines is 1. The maximum atomic E-state index is 12.9. The molecule has 18 heteroatoms. The number of H-pyrrole nitrogens is 1. The smallest absolute Gasteiger partial charge is 0.430 e. The molecular formula is C31H38F6N4O7S-2. The van der Waals surface area contributed by atoms with E-state index in [0.717, 1.165) is 47.5 Å². The Labute approximate surface area is 281 Å². The van der Waals surface area contributed by atoms with Crippen molar-refractivity contribution in [1.82, 2.24) is 20.5 Å². The minimum absolute atomic E-state index is 0.0275. The van der Waals surface area contributed by atoms with E-state index in [1.807, 2.05) is 29.2 Å².